The Labute approximate surface area is 134 Å². The number of nitrogens with zero attached hydrogens (tertiary/aromatic N) is 5. The van der Waals surface area contributed by atoms with Crippen LogP contribution >= 0.6 is 11.6 Å². The molecule has 1 aromatic heterocycles. The zero-order valence-electron chi connectivity index (χ0n) is 13.2. The molecule has 1 saturated carbocycles. The third-order valence-electron chi connectivity index (χ3n) is 4.09. The molecule has 3 rings (SSSR count). The lowest BCUT2D eigenvalue weighted by Gasteiger charge is -2.27. The maximum absolute atomic E-state index is 12.1. The van der Waals surface area contributed by atoms with Gasteiger partial charge in [-0.1, -0.05) is 0 Å². The van der Waals surface area contributed by atoms with Crippen molar-refractivity contribution in [1.82, 2.24) is 19.9 Å². The Bertz CT molecular complexity index is 579. The Morgan fingerprint density at radius 1 is 1.36 bits per heavy atom. The van der Waals surface area contributed by atoms with Crippen LogP contribution in [0, 0.1) is 11.8 Å². The summed E-state index contributed by atoms with van der Waals surface area (Å²) in [5.74, 6) is 1.45. The summed E-state index contributed by atoms with van der Waals surface area (Å²) in [6.45, 7) is 7.06. The van der Waals surface area contributed by atoms with Crippen molar-refractivity contribution < 1.29 is 9.53 Å². The van der Waals surface area contributed by atoms with Gasteiger partial charge in [-0.25, -0.2) is 14.8 Å². The number of fused-ring (bicyclic) bond motifs is 1. The predicted molar refractivity (Wildman–Crippen MR) is 81.8 cm³/mol. The fourth-order valence-corrected chi connectivity index (χ4v) is 3.24. The van der Waals surface area contributed by atoms with Crippen LogP contribution < -0.4 is 4.90 Å². The van der Waals surface area contributed by atoms with Crippen LogP contribution in [0.1, 0.15) is 20.8 Å². The number of amides is 1. The van der Waals surface area contributed by atoms with Gasteiger partial charge in [-0.05, 0) is 32.4 Å². The van der Waals surface area contributed by atoms with Gasteiger partial charge in [0.25, 0.3) is 0 Å². The van der Waals surface area contributed by atoms with Crippen molar-refractivity contribution in [2.45, 2.75) is 32.4 Å². The second-order valence-electron chi connectivity index (χ2n) is 6.87. The number of ether oxygens (including phenoxy) is 1. The molecule has 2 heterocycles. The summed E-state index contributed by atoms with van der Waals surface area (Å²) >= 11 is 5.80. The molecule has 1 saturated heterocycles. The summed E-state index contributed by atoms with van der Waals surface area (Å²) in [4.78, 5) is 27.9. The van der Waals surface area contributed by atoms with Gasteiger partial charge in [-0.3, -0.25) is 0 Å². The van der Waals surface area contributed by atoms with Gasteiger partial charge in [0.15, 0.2) is 0 Å². The van der Waals surface area contributed by atoms with Crippen LogP contribution in [-0.2, 0) is 4.74 Å². The van der Waals surface area contributed by atoms with E-state index < -0.39 is 5.60 Å². The summed E-state index contributed by atoms with van der Waals surface area (Å²) in [6, 6.07) is 0.345. The van der Waals surface area contributed by atoms with Crippen LogP contribution in [0.15, 0.2) is 6.33 Å². The first-order valence-electron chi connectivity index (χ1n) is 7.31. The van der Waals surface area contributed by atoms with E-state index in [1.54, 1.807) is 4.90 Å². The molecular formula is C14H20ClN5O2. The molecule has 7 nitrogen and oxygen atoms in total. The zero-order valence-corrected chi connectivity index (χ0v) is 13.9. The molecule has 1 aliphatic heterocycles. The maximum atomic E-state index is 12.1. The molecule has 2 aliphatic rings. The van der Waals surface area contributed by atoms with E-state index >= 15 is 0 Å². The van der Waals surface area contributed by atoms with E-state index in [-0.39, 0.29) is 11.4 Å². The molecule has 0 aromatic carbocycles. The van der Waals surface area contributed by atoms with Crippen LogP contribution in [0.2, 0.25) is 5.28 Å². The molecule has 1 aliphatic carbocycles. The number of carbonyl (C=O) groups is 1. The number of piperidine rings is 1. The highest BCUT2D eigenvalue weighted by molar-refractivity contribution is 6.28. The van der Waals surface area contributed by atoms with Crippen LogP contribution in [0.4, 0.5) is 10.7 Å². The smallest absolute Gasteiger partial charge is 0.410 e. The average Bonchev–Trinajstić information content (AvgIpc) is 2.89. The average molecular weight is 326 g/mol. The van der Waals surface area contributed by atoms with Crippen LogP contribution in [0.3, 0.4) is 0 Å². The lowest BCUT2D eigenvalue weighted by molar-refractivity contribution is 0.0271. The fourth-order valence-electron chi connectivity index (χ4n) is 3.12. The molecule has 0 radical (unpaired) electrons. The van der Waals surface area contributed by atoms with Crippen molar-refractivity contribution in [2.24, 2.45) is 11.8 Å². The number of aromatic nitrogens is 3. The number of hydrogen-bond acceptors (Lipinski definition) is 6. The summed E-state index contributed by atoms with van der Waals surface area (Å²) in [7, 11) is 1.95. The molecule has 3 atom stereocenters. The third kappa shape index (κ3) is 2.95. The molecule has 1 unspecified atom stereocenters. The van der Waals surface area contributed by atoms with Crippen molar-refractivity contribution >= 4 is 23.6 Å². The summed E-state index contributed by atoms with van der Waals surface area (Å²) in [5, 5.41) is 0.193. The Hall–Kier alpha value is -1.63. The number of rotatable bonds is 2. The van der Waals surface area contributed by atoms with Gasteiger partial charge < -0.3 is 14.5 Å². The first kappa shape index (κ1) is 15.3. The lowest BCUT2D eigenvalue weighted by Crippen LogP contribution is -2.39. The van der Waals surface area contributed by atoms with Gasteiger partial charge in [0.2, 0.25) is 11.2 Å². The molecule has 120 valence electrons. The van der Waals surface area contributed by atoms with E-state index in [2.05, 4.69) is 15.0 Å². The number of halogens is 1. The zero-order chi connectivity index (χ0) is 16.1. The third-order valence-corrected chi connectivity index (χ3v) is 4.28. The van der Waals surface area contributed by atoms with Crippen molar-refractivity contribution in [3.8, 4) is 0 Å². The van der Waals surface area contributed by atoms with Crippen LogP contribution in [-0.4, -0.2) is 57.7 Å². The molecule has 8 heteroatoms. The van der Waals surface area contributed by atoms with E-state index in [1.807, 2.05) is 32.7 Å². The number of anilines is 1. The van der Waals surface area contributed by atoms with Gasteiger partial charge >= 0.3 is 6.09 Å². The fraction of sp³-hybridized carbons (Fsp3) is 0.714. The van der Waals surface area contributed by atoms with Gasteiger partial charge in [0, 0.05) is 38.0 Å². The molecule has 1 aromatic rings. The highest BCUT2D eigenvalue weighted by Crippen LogP contribution is 2.49. The van der Waals surface area contributed by atoms with Gasteiger partial charge in [0.05, 0.1) is 0 Å². The van der Waals surface area contributed by atoms with Crippen molar-refractivity contribution in [3.05, 3.63) is 11.6 Å². The molecule has 0 N–H and O–H groups in total. The highest BCUT2D eigenvalue weighted by atomic mass is 35.5. The van der Waals surface area contributed by atoms with E-state index in [0.717, 1.165) is 0 Å². The summed E-state index contributed by atoms with van der Waals surface area (Å²) < 4.78 is 5.41. The summed E-state index contributed by atoms with van der Waals surface area (Å²) in [6.07, 6.45) is 1.18. The van der Waals surface area contributed by atoms with E-state index in [1.165, 1.54) is 6.33 Å². The normalized spacial score (nSPS) is 26.6. The topological polar surface area (TPSA) is 71.5 Å². The Morgan fingerprint density at radius 2 is 2.00 bits per heavy atom. The van der Waals surface area contributed by atoms with Gasteiger partial charge in [0.1, 0.15) is 11.9 Å². The second-order valence-corrected chi connectivity index (χ2v) is 7.21. The monoisotopic (exact) mass is 325 g/mol. The SMILES string of the molecule is CN(c1ncnc(Cl)n1)C1[C@H]2CN(C(=O)OC(C)(C)C)C[C@@H]12. The minimum absolute atomic E-state index is 0.193. The van der Waals surface area contributed by atoms with Crippen LogP contribution in [0.5, 0.6) is 0 Å². The molecule has 22 heavy (non-hydrogen) atoms. The number of carbonyl (C=O) groups excluding carboxylic acids is 1. The molecule has 1 amide bonds. The van der Waals surface area contributed by atoms with E-state index in [0.29, 0.717) is 36.9 Å². The predicted octanol–water partition coefficient (Wildman–Crippen LogP) is 1.83. The largest absolute Gasteiger partial charge is 0.444 e. The highest BCUT2D eigenvalue weighted by Gasteiger charge is 2.59. The first-order valence-corrected chi connectivity index (χ1v) is 7.69. The van der Waals surface area contributed by atoms with Crippen molar-refractivity contribution in [3.63, 3.8) is 0 Å². The van der Waals surface area contributed by atoms with E-state index in [9.17, 15) is 4.79 Å². The molecule has 0 spiro atoms. The second kappa shape index (κ2) is 5.22. The molecule has 0 bridgehead atoms. The Morgan fingerprint density at radius 3 is 2.55 bits per heavy atom. The van der Waals surface area contributed by atoms with Crippen LogP contribution in [0.25, 0.3) is 0 Å². The first-order chi connectivity index (χ1) is 10.3. The number of likely N-dealkylation sites (tertiary alicyclic amines) is 1. The Balaban J connectivity index is 1.58. The van der Waals surface area contributed by atoms with Gasteiger partial charge in [-0.2, -0.15) is 4.98 Å². The summed E-state index contributed by atoms with van der Waals surface area (Å²) in [5.41, 5.74) is -0.457. The van der Waals surface area contributed by atoms with E-state index in [4.69, 9.17) is 16.3 Å². The molecular weight excluding hydrogens is 306 g/mol. The van der Waals surface area contributed by atoms with Crippen molar-refractivity contribution in [1.29, 1.82) is 0 Å². The maximum Gasteiger partial charge on any atom is 0.410 e. The minimum atomic E-state index is -0.457. The Kier molecular flexibility index (Phi) is 3.63. The quantitative estimate of drug-likeness (QED) is 0.826. The minimum Gasteiger partial charge on any atom is -0.444 e. The standard InChI is InChI=1S/C14H20ClN5O2/c1-14(2,3)22-13(21)20-5-8-9(6-20)10(8)19(4)12-17-7-16-11(15)18-12/h7-10H,5-6H2,1-4H3/t8-,9+,10?. The lowest BCUT2D eigenvalue weighted by atomic mass is 10.2. The van der Waals surface area contributed by atoms with Crippen molar-refractivity contribution in [2.75, 3.05) is 25.0 Å². The van der Waals surface area contributed by atoms with Gasteiger partial charge in [-0.15, -0.1) is 0 Å². The number of hydrogen-bond donors (Lipinski definition) is 0. The molecule has 2 fully saturated rings.